The van der Waals surface area contributed by atoms with Crippen LogP contribution < -0.4 is 0 Å². The Kier molecular flexibility index (Phi) is 6.63. The van der Waals surface area contributed by atoms with Gasteiger partial charge >= 0.3 is 0 Å². The van der Waals surface area contributed by atoms with Crippen molar-refractivity contribution in [1.29, 1.82) is 0 Å². The van der Waals surface area contributed by atoms with E-state index in [1.807, 2.05) is 20.1 Å². The van der Waals surface area contributed by atoms with Gasteiger partial charge in [-0.2, -0.15) is 4.98 Å². The number of hydrogen-bond donors (Lipinski definition) is 0. The summed E-state index contributed by atoms with van der Waals surface area (Å²) in [6.07, 6.45) is 7.31. The summed E-state index contributed by atoms with van der Waals surface area (Å²) in [5.41, 5.74) is 2.83. The minimum absolute atomic E-state index is 0.213. The molecule has 2 aliphatic rings. The third kappa shape index (κ3) is 4.64. The molecule has 0 saturated carbocycles. The molecule has 2 aromatic heterocycles. The van der Waals surface area contributed by atoms with Gasteiger partial charge in [0.15, 0.2) is 0 Å². The SMILES string of the molecule is CSc1nc2nc(C)c(CC(=O)N3CCCC(CN4CCC(C)CC4)C3)c(C)n2n1. The van der Waals surface area contributed by atoms with E-state index in [9.17, 15) is 4.79 Å². The smallest absolute Gasteiger partial charge is 0.253 e. The second-order valence-corrected chi connectivity index (χ2v) is 9.85. The van der Waals surface area contributed by atoms with Gasteiger partial charge < -0.3 is 9.80 Å². The minimum Gasteiger partial charge on any atom is -0.342 e. The van der Waals surface area contributed by atoms with Crippen LogP contribution in [0.3, 0.4) is 0 Å². The van der Waals surface area contributed by atoms with Crippen molar-refractivity contribution in [3.05, 3.63) is 17.0 Å². The zero-order valence-electron chi connectivity index (χ0n) is 18.7. The molecule has 2 fully saturated rings. The maximum absolute atomic E-state index is 13.2. The molecule has 2 aromatic rings. The van der Waals surface area contributed by atoms with Gasteiger partial charge in [-0.3, -0.25) is 4.79 Å². The lowest BCUT2D eigenvalue weighted by atomic mass is 9.94. The van der Waals surface area contributed by atoms with Crippen LogP contribution in [0.15, 0.2) is 5.16 Å². The van der Waals surface area contributed by atoms with Crippen LogP contribution >= 0.6 is 11.8 Å². The van der Waals surface area contributed by atoms with Crippen molar-refractivity contribution in [2.75, 3.05) is 39.0 Å². The first-order valence-corrected chi connectivity index (χ1v) is 12.4. The predicted octanol–water partition coefficient (Wildman–Crippen LogP) is 2.98. The van der Waals surface area contributed by atoms with Gasteiger partial charge in [0.1, 0.15) is 0 Å². The minimum atomic E-state index is 0.213. The summed E-state index contributed by atoms with van der Waals surface area (Å²) in [5.74, 6) is 2.28. The van der Waals surface area contributed by atoms with Crippen LogP contribution in [0.4, 0.5) is 0 Å². The zero-order chi connectivity index (χ0) is 21.3. The Bertz CT molecular complexity index is 905. The molecule has 2 saturated heterocycles. The summed E-state index contributed by atoms with van der Waals surface area (Å²) in [7, 11) is 0. The van der Waals surface area contributed by atoms with Gasteiger partial charge in [0.25, 0.3) is 5.78 Å². The molecule has 164 valence electrons. The molecule has 4 rings (SSSR count). The summed E-state index contributed by atoms with van der Waals surface area (Å²) in [6.45, 7) is 11.7. The Morgan fingerprint density at radius 2 is 1.90 bits per heavy atom. The van der Waals surface area contributed by atoms with Gasteiger partial charge in [-0.05, 0) is 70.7 Å². The number of likely N-dealkylation sites (tertiary alicyclic amines) is 2. The van der Waals surface area contributed by atoms with Crippen molar-refractivity contribution in [2.45, 2.75) is 58.0 Å². The summed E-state index contributed by atoms with van der Waals surface area (Å²) in [5, 5.41) is 5.22. The van der Waals surface area contributed by atoms with E-state index >= 15 is 0 Å². The van der Waals surface area contributed by atoms with E-state index in [2.05, 4.69) is 31.8 Å². The highest BCUT2D eigenvalue weighted by molar-refractivity contribution is 7.98. The number of aryl methyl sites for hydroxylation is 2. The molecule has 0 bridgehead atoms. The number of aromatic nitrogens is 4. The standard InChI is InChI=1S/C22H34N6OS/c1-15-7-10-26(11-8-15)13-18-6-5-9-27(14-18)20(29)12-19-16(2)23-21-24-22(30-4)25-28(21)17(19)3/h15,18H,5-14H2,1-4H3. The molecule has 30 heavy (non-hydrogen) atoms. The zero-order valence-corrected chi connectivity index (χ0v) is 19.5. The van der Waals surface area contributed by atoms with Gasteiger partial charge in [0, 0.05) is 36.6 Å². The van der Waals surface area contributed by atoms with E-state index in [1.54, 1.807) is 4.52 Å². The highest BCUT2D eigenvalue weighted by atomic mass is 32.2. The Balaban J connectivity index is 1.42. The molecule has 1 atom stereocenters. The van der Waals surface area contributed by atoms with Crippen molar-refractivity contribution in [2.24, 2.45) is 11.8 Å². The van der Waals surface area contributed by atoms with Crippen LogP contribution in [0, 0.1) is 25.7 Å². The molecule has 0 N–H and O–H groups in total. The van der Waals surface area contributed by atoms with E-state index in [0.717, 1.165) is 48.9 Å². The second kappa shape index (κ2) is 9.22. The fourth-order valence-corrected chi connectivity index (χ4v) is 5.18. The maximum atomic E-state index is 13.2. The van der Waals surface area contributed by atoms with Crippen molar-refractivity contribution in [3.63, 3.8) is 0 Å². The summed E-state index contributed by atoms with van der Waals surface area (Å²) in [4.78, 5) is 26.9. The second-order valence-electron chi connectivity index (χ2n) is 9.08. The first-order valence-electron chi connectivity index (χ1n) is 11.2. The summed E-state index contributed by atoms with van der Waals surface area (Å²) < 4.78 is 1.78. The number of rotatable bonds is 5. The molecule has 2 aliphatic heterocycles. The number of hydrogen-bond acceptors (Lipinski definition) is 6. The molecular formula is C22H34N6OS. The lowest BCUT2D eigenvalue weighted by molar-refractivity contribution is -0.132. The number of carbonyl (C=O) groups is 1. The number of thioether (sulfide) groups is 1. The molecule has 0 spiro atoms. The van der Waals surface area contributed by atoms with Crippen LogP contribution in [0.25, 0.3) is 5.78 Å². The van der Waals surface area contributed by atoms with Crippen molar-refractivity contribution in [3.8, 4) is 0 Å². The number of fused-ring (bicyclic) bond motifs is 1. The largest absolute Gasteiger partial charge is 0.342 e. The molecule has 1 amide bonds. The maximum Gasteiger partial charge on any atom is 0.253 e. The van der Waals surface area contributed by atoms with Crippen LogP contribution in [0.2, 0.25) is 0 Å². The lowest BCUT2D eigenvalue weighted by Gasteiger charge is -2.38. The molecule has 0 radical (unpaired) electrons. The van der Waals surface area contributed by atoms with Crippen molar-refractivity contribution in [1.82, 2.24) is 29.4 Å². The molecule has 1 unspecified atom stereocenters. The van der Waals surface area contributed by atoms with Crippen LogP contribution in [0.5, 0.6) is 0 Å². The van der Waals surface area contributed by atoms with E-state index in [4.69, 9.17) is 0 Å². The third-order valence-corrected chi connectivity index (χ3v) is 7.34. The molecule has 8 heteroatoms. The average Bonchev–Trinajstić information content (AvgIpc) is 3.16. The normalized spacial score (nSPS) is 21.5. The predicted molar refractivity (Wildman–Crippen MR) is 120 cm³/mol. The first kappa shape index (κ1) is 21.6. The Labute approximate surface area is 183 Å². The van der Waals surface area contributed by atoms with Crippen molar-refractivity contribution >= 4 is 23.4 Å². The number of piperidine rings is 2. The molecule has 4 heterocycles. The third-order valence-electron chi connectivity index (χ3n) is 6.80. The van der Waals surface area contributed by atoms with Gasteiger partial charge in [-0.25, -0.2) is 9.50 Å². The van der Waals surface area contributed by atoms with Gasteiger partial charge in [0.2, 0.25) is 11.1 Å². The average molecular weight is 431 g/mol. The highest BCUT2D eigenvalue weighted by Gasteiger charge is 2.27. The van der Waals surface area contributed by atoms with E-state index in [0.29, 0.717) is 23.3 Å². The van der Waals surface area contributed by atoms with E-state index < -0.39 is 0 Å². The fourth-order valence-electron chi connectivity index (χ4n) is 4.85. The number of nitrogens with zero attached hydrogens (tertiary/aromatic N) is 6. The van der Waals surface area contributed by atoms with E-state index in [-0.39, 0.29) is 5.91 Å². The highest BCUT2D eigenvalue weighted by Crippen LogP contribution is 2.23. The van der Waals surface area contributed by atoms with Crippen molar-refractivity contribution < 1.29 is 4.79 Å². The quantitative estimate of drug-likeness (QED) is 0.680. The summed E-state index contributed by atoms with van der Waals surface area (Å²) >= 11 is 1.50. The number of amides is 1. The van der Waals surface area contributed by atoms with Gasteiger partial charge in [-0.1, -0.05) is 18.7 Å². The Morgan fingerprint density at radius 3 is 2.63 bits per heavy atom. The van der Waals surface area contributed by atoms with Gasteiger partial charge in [-0.15, -0.1) is 5.10 Å². The van der Waals surface area contributed by atoms with Crippen LogP contribution in [0.1, 0.15) is 49.6 Å². The molecule has 0 aromatic carbocycles. The topological polar surface area (TPSA) is 66.6 Å². The summed E-state index contributed by atoms with van der Waals surface area (Å²) in [6, 6.07) is 0. The molecular weight excluding hydrogens is 396 g/mol. The molecule has 0 aliphatic carbocycles. The molecule has 7 nitrogen and oxygen atoms in total. The Morgan fingerprint density at radius 1 is 1.13 bits per heavy atom. The monoisotopic (exact) mass is 430 g/mol. The first-order chi connectivity index (χ1) is 14.4. The fraction of sp³-hybridized carbons (Fsp3) is 0.727. The van der Waals surface area contributed by atoms with Gasteiger partial charge in [0.05, 0.1) is 6.42 Å². The van der Waals surface area contributed by atoms with E-state index in [1.165, 1.54) is 44.1 Å². The van der Waals surface area contributed by atoms with Crippen LogP contribution in [-0.2, 0) is 11.2 Å². The van der Waals surface area contributed by atoms with Crippen LogP contribution in [-0.4, -0.2) is 74.3 Å². The number of carbonyl (C=O) groups excluding carboxylic acids is 1. The Hall–Kier alpha value is -1.67. The lowest BCUT2D eigenvalue weighted by Crippen LogP contribution is -2.45.